The molecule has 0 unspecified atom stereocenters. The Kier molecular flexibility index (Phi) is 3.58. The molecule has 16 heavy (non-hydrogen) atoms. The molecule has 88 valence electrons. The summed E-state index contributed by atoms with van der Waals surface area (Å²) >= 11 is 0. The minimum absolute atomic E-state index is 0.284. The number of esters is 1. The summed E-state index contributed by atoms with van der Waals surface area (Å²) in [6.45, 7) is 8.07. The van der Waals surface area contributed by atoms with Crippen molar-refractivity contribution in [1.29, 1.82) is 0 Å². The third-order valence-corrected chi connectivity index (χ3v) is 3.33. The number of methoxy groups -OCH3 is 1. The maximum atomic E-state index is 11.8. The van der Waals surface area contributed by atoms with Gasteiger partial charge < -0.3 is 10.1 Å². The van der Waals surface area contributed by atoms with Gasteiger partial charge >= 0.3 is 5.97 Å². The quantitative estimate of drug-likeness (QED) is 0.780. The van der Waals surface area contributed by atoms with Crippen LogP contribution >= 0.6 is 0 Å². The zero-order chi connectivity index (χ0) is 12.5. The zero-order valence-electron chi connectivity index (χ0n) is 10.8. The van der Waals surface area contributed by atoms with Crippen LogP contribution in [-0.4, -0.2) is 20.1 Å². The van der Waals surface area contributed by atoms with Crippen molar-refractivity contribution in [3.8, 4) is 0 Å². The van der Waals surface area contributed by atoms with Crippen LogP contribution in [0.2, 0.25) is 0 Å². The number of rotatable bonds is 2. The van der Waals surface area contributed by atoms with Gasteiger partial charge in [-0.05, 0) is 49.9 Å². The van der Waals surface area contributed by atoms with Crippen LogP contribution in [0, 0.1) is 27.7 Å². The molecule has 3 heteroatoms. The number of anilines is 1. The second-order valence-electron chi connectivity index (χ2n) is 3.99. The molecule has 1 N–H and O–H groups in total. The fraction of sp³-hybridized carbons (Fsp3) is 0.462. The van der Waals surface area contributed by atoms with Crippen LogP contribution in [0.5, 0.6) is 0 Å². The third kappa shape index (κ3) is 1.77. The SMILES string of the molecule is CNc1c(C)c(C)c(C)c(C)c1C(=O)OC. The average molecular weight is 221 g/mol. The Morgan fingerprint density at radius 3 is 1.94 bits per heavy atom. The van der Waals surface area contributed by atoms with Gasteiger partial charge in [-0.1, -0.05) is 0 Å². The second kappa shape index (κ2) is 4.56. The molecule has 0 bridgehead atoms. The molecule has 0 fully saturated rings. The van der Waals surface area contributed by atoms with Crippen molar-refractivity contribution in [1.82, 2.24) is 0 Å². The van der Waals surface area contributed by atoms with Crippen LogP contribution in [0.4, 0.5) is 5.69 Å². The molecule has 0 aromatic heterocycles. The molecule has 0 spiro atoms. The summed E-state index contributed by atoms with van der Waals surface area (Å²) in [4.78, 5) is 11.8. The van der Waals surface area contributed by atoms with E-state index < -0.39 is 0 Å². The molecule has 0 radical (unpaired) electrons. The largest absolute Gasteiger partial charge is 0.465 e. The van der Waals surface area contributed by atoms with Crippen molar-refractivity contribution in [3.05, 3.63) is 27.8 Å². The van der Waals surface area contributed by atoms with E-state index in [0.717, 1.165) is 22.4 Å². The number of carbonyl (C=O) groups is 1. The number of carbonyl (C=O) groups excluding carboxylic acids is 1. The van der Waals surface area contributed by atoms with Gasteiger partial charge in [-0.2, -0.15) is 0 Å². The molecule has 0 aliphatic heterocycles. The topological polar surface area (TPSA) is 38.3 Å². The van der Waals surface area contributed by atoms with Gasteiger partial charge in [0, 0.05) is 7.05 Å². The Morgan fingerprint density at radius 1 is 1.00 bits per heavy atom. The van der Waals surface area contributed by atoms with Crippen LogP contribution in [-0.2, 0) is 4.74 Å². The Bertz CT molecular complexity index is 436. The Balaban J connectivity index is 3.64. The smallest absolute Gasteiger partial charge is 0.340 e. The molecule has 1 rings (SSSR count). The van der Waals surface area contributed by atoms with Gasteiger partial charge in [0.2, 0.25) is 0 Å². The van der Waals surface area contributed by atoms with Gasteiger partial charge in [0.1, 0.15) is 0 Å². The van der Waals surface area contributed by atoms with Gasteiger partial charge in [-0.3, -0.25) is 0 Å². The van der Waals surface area contributed by atoms with E-state index in [1.54, 1.807) is 0 Å². The maximum absolute atomic E-state index is 11.8. The monoisotopic (exact) mass is 221 g/mol. The van der Waals surface area contributed by atoms with Crippen molar-refractivity contribution in [3.63, 3.8) is 0 Å². The lowest BCUT2D eigenvalue weighted by molar-refractivity contribution is 0.0601. The number of ether oxygens (including phenoxy) is 1. The Morgan fingerprint density at radius 2 is 1.50 bits per heavy atom. The first kappa shape index (κ1) is 12.6. The molecule has 0 aliphatic carbocycles. The fourth-order valence-electron chi connectivity index (χ4n) is 1.98. The first-order valence-electron chi connectivity index (χ1n) is 5.32. The molecular weight excluding hydrogens is 202 g/mol. The lowest BCUT2D eigenvalue weighted by Crippen LogP contribution is -2.12. The van der Waals surface area contributed by atoms with Crippen molar-refractivity contribution in [2.75, 3.05) is 19.5 Å². The molecule has 0 aliphatic rings. The van der Waals surface area contributed by atoms with E-state index in [-0.39, 0.29) is 5.97 Å². The van der Waals surface area contributed by atoms with Gasteiger partial charge in [-0.25, -0.2) is 4.79 Å². The third-order valence-electron chi connectivity index (χ3n) is 3.33. The molecule has 0 saturated carbocycles. The van der Waals surface area contributed by atoms with E-state index in [0.29, 0.717) is 5.56 Å². The van der Waals surface area contributed by atoms with E-state index in [2.05, 4.69) is 12.2 Å². The minimum Gasteiger partial charge on any atom is -0.465 e. The normalized spacial score (nSPS) is 10.1. The van der Waals surface area contributed by atoms with E-state index in [1.807, 2.05) is 27.8 Å². The molecule has 1 aromatic carbocycles. The molecule has 0 saturated heterocycles. The van der Waals surface area contributed by atoms with E-state index in [4.69, 9.17) is 4.74 Å². The number of nitrogens with one attached hydrogen (secondary N) is 1. The summed E-state index contributed by atoms with van der Waals surface area (Å²) in [5.41, 5.74) is 5.97. The van der Waals surface area contributed by atoms with E-state index in [9.17, 15) is 4.79 Å². The lowest BCUT2D eigenvalue weighted by atomic mass is 9.92. The molecule has 3 nitrogen and oxygen atoms in total. The molecule has 0 amide bonds. The van der Waals surface area contributed by atoms with Crippen molar-refractivity contribution in [2.45, 2.75) is 27.7 Å². The number of hydrogen-bond donors (Lipinski definition) is 1. The number of hydrogen-bond acceptors (Lipinski definition) is 3. The summed E-state index contributed by atoms with van der Waals surface area (Å²) in [6, 6.07) is 0. The summed E-state index contributed by atoms with van der Waals surface area (Å²) in [5.74, 6) is -0.284. The van der Waals surface area contributed by atoms with Gasteiger partial charge in [0.05, 0.1) is 18.4 Å². The van der Waals surface area contributed by atoms with Crippen molar-refractivity contribution in [2.24, 2.45) is 0 Å². The average Bonchev–Trinajstić information content (AvgIpc) is 2.29. The molecular formula is C13H19NO2. The molecule has 1 aromatic rings. The summed E-state index contributed by atoms with van der Waals surface area (Å²) in [6.07, 6.45) is 0. The maximum Gasteiger partial charge on any atom is 0.340 e. The predicted octanol–water partition coefficient (Wildman–Crippen LogP) is 2.75. The van der Waals surface area contributed by atoms with Crippen LogP contribution in [0.3, 0.4) is 0 Å². The first-order valence-corrected chi connectivity index (χ1v) is 5.32. The second-order valence-corrected chi connectivity index (χ2v) is 3.99. The van der Waals surface area contributed by atoms with Gasteiger partial charge in [-0.15, -0.1) is 0 Å². The number of benzene rings is 1. The minimum atomic E-state index is -0.284. The Labute approximate surface area is 96.8 Å². The highest BCUT2D eigenvalue weighted by Gasteiger charge is 2.20. The van der Waals surface area contributed by atoms with Crippen molar-refractivity contribution < 1.29 is 9.53 Å². The highest BCUT2D eigenvalue weighted by molar-refractivity contribution is 5.98. The fourth-order valence-corrected chi connectivity index (χ4v) is 1.98. The molecule has 0 atom stereocenters. The van der Waals surface area contributed by atoms with Crippen LogP contribution in [0.1, 0.15) is 32.6 Å². The summed E-state index contributed by atoms with van der Waals surface area (Å²) in [5, 5.41) is 3.09. The first-order chi connectivity index (χ1) is 7.45. The van der Waals surface area contributed by atoms with Gasteiger partial charge in [0.15, 0.2) is 0 Å². The predicted molar refractivity (Wildman–Crippen MR) is 66.3 cm³/mol. The summed E-state index contributed by atoms with van der Waals surface area (Å²) in [7, 11) is 3.23. The lowest BCUT2D eigenvalue weighted by Gasteiger charge is -2.18. The highest BCUT2D eigenvalue weighted by atomic mass is 16.5. The van der Waals surface area contributed by atoms with E-state index >= 15 is 0 Å². The zero-order valence-corrected chi connectivity index (χ0v) is 10.8. The standard InChI is InChI=1S/C13H19NO2/c1-7-8(2)10(4)12(14-5)11(9(7)3)13(15)16-6/h14H,1-6H3. The van der Waals surface area contributed by atoms with Crippen molar-refractivity contribution >= 4 is 11.7 Å². The molecule has 0 heterocycles. The van der Waals surface area contributed by atoms with Crippen LogP contribution < -0.4 is 5.32 Å². The van der Waals surface area contributed by atoms with Crippen LogP contribution in [0.25, 0.3) is 0 Å². The van der Waals surface area contributed by atoms with Gasteiger partial charge in [0.25, 0.3) is 0 Å². The Hall–Kier alpha value is -1.51. The summed E-state index contributed by atoms with van der Waals surface area (Å²) < 4.78 is 4.83. The van der Waals surface area contributed by atoms with E-state index in [1.165, 1.54) is 12.7 Å². The highest BCUT2D eigenvalue weighted by Crippen LogP contribution is 2.30. The van der Waals surface area contributed by atoms with Crippen LogP contribution in [0.15, 0.2) is 0 Å².